The van der Waals surface area contributed by atoms with Crippen LogP contribution in [0.4, 0.5) is 5.82 Å². The normalized spacial score (nSPS) is 40.1. The Balaban J connectivity index is 1.05. The molecular formula is C34H52N4O2. The number of allylic oxidation sites excluding steroid dienone is 1. The molecule has 0 aromatic carbocycles. The van der Waals surface area contributed by atoms with Crippen molar-refractivity contribution in [2.75, 3.05) is 24.5 Å². The molecule has 9 atom stereocenters. The standard InChI is InChI=1S/C34H52N4O2/c1-22(6-11-32(40)37-18-19-38(23(2)21-37)31-14-17-35-24(3)36-31)28-9-10-29-27-8-7-25-20-26(39)12-15-33(25,4)30(27)13-16-34(28,29)5/h7,14,17,22-23,26-30,39H,6,8-13,15-16,18-21H2,1-5H3/t22-,23+,26+,27+,28-,29+,30+,33+,34-/m1/s1. The molecule has 0 unspecified atom stereocenters. The van der Waals surface area contributed by atoms with Gasteiger partial charge in [0, 0.05) is 38.3 Å². The molecule has 2 heterocycles. The number of anilines is 1. The lowest BCUT2D eigenvalue weighted by Gasteiger charge is -2.58. The zero-order chi connectivity index (χ0) is 28.2. The molecule has 6 heteroatoms. The minimum Gasteiger partial charge on any atom is -0.393 e. The number of carbonyl (C=O) groups is 1. The number of amides is 1. The van der Waals surface area contributed by atoms with Crippen LogP contribution in [0, 0.1) is 47.3 Å². The van der Waals surface area contributed by atoms with E-state index < -0.39 is 0 Å². The number of fused-ring (bicyclic) bond motifs is 5. The second-order valence-electron chi connectivity index (χ2n) is 14.7. The van der Waals surface area contributed by atoms with E-state index in [2.05, 4.69) is 53.5 Å². The lowest BCUT2D eigenvalue weighted by Crippen LogP contribution is -2.54. The van der Waals surface area contributed by atoms with E-state index in [1.54, 1.807) is 5.57 Å². The molecule has 6 nitrogen and oxygen atoms in total. The molecule has 220 valence electrons. The van der Waals surface area contributed by atoms with E-state index in [0.29, 0.717) is 29.1 Å². The number of aryl methyl sites for hydroxylation is 1. The highest BCUT2D eigenvalue weighted by Crippen LogP contribution is 2.67. The van der Waals surface area contributed by atoms with E-state index in [1.807, 2.05) is 19.2 Å². The molecule has 6 rings (SSSR count). The Morgan fingerprint density at radius 1 is 1.15 bits per heavy atom. The van der Waals surface area contributed by atoms with E-state index in [4.69, 9.17) is 0 Å². The van der Waals surface area contributed by atoms with Gasteiger partial charge < -0.3 is 14.9 Å². The fourth-order valence-corrected chi connectivity index (χ4v) is 10.5. The molecule has 3 saturated carbocycles. The summed E-state index contributed by atoms with van der Waals surface area (Å²) in [6.45, 7) is 14.1. The van der Waals surface area contributed by atoms with Crippen molar-refractivity contribution in [2.24, 2.45) is 40.4 Å². The Morgan fingerprint density at radius 2 is 1.98 bits per heavy atom. The van der Waals surface area contributed by atoms with E-state index in [1.165, 1.54) is 32.1 Å². The summed E-state index contributed by atoms with van der Waals surface area (Å²) in [5.41, 5.74) is 2.29. The summed E-state index contributed by atoms with van der Waals surface area (Å²) in [7, 11) is 0. The van der Waals surface area contributed by atoms with Crippen molar-refractivity contribution in [1.29, 1.82) is 0 Å². The molecule has 0 radical (unpaired) electrons. The van der Waals surface area contributed by atoms with Gasteiger partial charge in [-0.1, -0.05) is 32.4 Å². The number of aromatic nitrogens is 2. The number of aliphatic hydroxyl groups excluding tert-OH is 1. The van der Waals surface area contributed by atoms with Crippen LogP contribution in [0.25, 0.3) is 0 Å². The lowest BCUT2D eigenvalue weighted by molar-refractivity contribution is -0.132. The van der Waals surface area contributed by atoms with Crippen LogP contribution in [0.5, 0.6) is 0 Å². The molecule has 0 bridgehead atoms. The van der Waals surface area contributed by atoms with Crippen molar-refractivity contribution in [3.8, 4) is 0 Å². The molecule has 1 aliphatic heterocycles. The molecule has 4 fully saturated rings. The molecule has 1 aromatic heterocycles. The topological polar surface area (TPSA) is 69.6 Å². The van der Waals surface area contributed by atoms with E-state index in [9.17, 15) is 9.90 Å². The average molecular weight is 549 g/mol. The van der Waals surface area contributed by atoms with Gasteiger partial charge in [0.25, 0.3) is 0 Å². The molecule has 1 saturated heterocycles. The van der Waals surface area contributed by atoms with Gasteiger partial charge in [0.15, 0.2) is 0 Å². The predicted molar refractivity (Wildman–Crippen MR) is 160 cm³/mol. The Labute approximate surface area is 242 Å². The summed E-state index contributed by atoms with van der Waals surface area (Å²) in [4.78, 5) is 26.6. The summed E-state index contributed by atoms with van der Waals surface area (Å²) < 4.78 is 0. The van der Waals surface area contributed by atoms with Gasteiger partial charge in [0.1, 0.15) is 11.6 Å². The average Bonchev–Trinajstić information content (AvgIpc) is 3.29. The quantitative estimate of drug-likeness (QED) is 0.445. The van der Waals surface area contributed by atoms with Crippen LogP contribution in [0.3, 0.4) is 0 Å². The third-order valence-corrected chi connectivity index (χ3v) is 12.7. The van der Waals surface area contributed by atoms with Gasteiger partial charge in [-0.2, -0.15) is 0 Å². The maximum Gasteiger partial charge on any atom is 0.222 e. The number of aliphatic hydroxyl groups is 1. The summed E-state index contributed by atoms with van der Waals surface area (Å²) in [5.74, 6) is 5.83. The zero-order valence-corrected chi connectivity index (χ0v) is 25.6. The Kier molecular flexibility index (Phi) is 7.55. The van der Waals surface area contributed by atoms with Crippen molar-refractivity contribution < 1.29 is 9.90 Å². The third kappa shape index (κ3) is 4.80. The molecule has 1 amide bonds. The van der Waals surface area contributed by atoms with E-state index in [-0.39, 0.29) is 12.1 Å². The van der Waals surface area contributed by atoms with Crippen LogP contribution in [-0.4, -0.2) is 57.7 Å². The van der Waals surface area contributed by atoms with E-state index >= 15 is 0 Å². The molecule has 40 heavy (non-hydrogen) atoms. The molecule has 1 aromatic rings. The molecule has 4 aliphatic carbocycles. The van der Waals surface area contributed by atoms with E-state index in [0.717, 1.165) is 80.6 Å². The highest BCUT2D eigenvalue weighted by Gasteiger charge is 2.59. The largest absolute Gasteiger partial charge is 0.393 e. The second kappa shape index (κ2) is 10.7. The number of hydrogen-bond acceptors (Lipinski definition) is 5. The van der Waals surface area contributed by atoms with Gasteiger partial charge in [-0.25, -0.2) is 9.97 Å². The maximum atomic E-state index is 13.4. The number of nitrogens with zero attached hydrogens (tertiary/aromatic N) is 4. The first-order valence-corrected chi connectivity index (χ1v) is 16.3. The van der Waals surface area contributed by atoms with Gasteiger partial charge in [0.2, 0.25) is 5.91 Å². The second-order valence-corrected chi connectivity index (χ2v) is 14.7. The van der Waals surface area contributed by atoms with Gasteiger partial charge in [-0.05, 0) is 118 Å². The number of hydrogen-bond donors (Lipinski definition) is 1. The fourth-order valence-electron chi connectivity index (χ4n) is 10.5. The highest BCUT2D eigenvalue weighted by atomic mass is 16.3. The van der Waals surface area contributed by atoms with Gasteiger partial charge >= 0.3 is 0 Å². The summed E-state index contributed by atoms with van der Waals surface area (Å²) in [5, 5.41) is 10.3. The maximum absolute atomic E-state index is 13.4. The van der Waals surface area contributed by atoms with Crippen molar-refractivity contribution in [1.82, 2.24) is 14.9 Å². The summed E-state index contributed by atoms with van der Waals surface area (Å²) >= 11 is 0. The number of rotatable bonds is 5. The molecule has 5 aliphatic rings. The predicted octanol–water partition coefficient (Wildman–Crippen LogP) is 6.18. The smallest absolute Gasteiger partial charge is 0.222 e. The first-order valence-electron chi connectivity index (χ1n) is 16.3. The van der Waals surface area contributed by atoms with Crippen LogP contribution >= 0.6 is 0 Å². The van der Waals surface area contributed by atoms with Gasteiger partial charge in [-0.15, -0.1) is 0 Å². The monoisotopic (exact) mass is 548 g/mol. The number of carbonyl (C=O) groups excluding carboxylic acids is 1. The fraction of sp³-hybridized carbons (Fsp3) is 0.794. The first-order chi connectivity index (χ1) is 19.1. The van der Waals surface area contributed by atoms with Crippen LogP contribution in [0.2, 0.25) is 0 Å². The Bertz CT molecular complexity index is 1140. The van der Waals surface area contributed by atoms with Crippen molar-refractivity contribution in [2.45, 2.75) is 111 Å². The SMILES string of the molecule is Cc1nccc(N2CCN(C(=O)CC[C@@H](C)[C@H]3CC[C@H]4[C@@H]5CC=C6C[C@@H](O)CC[C@]6(C)[C@H]5CC[C@]34C)C[C@@H]2C)n1. The van der Waals surface area contributed by atoms with Crippen molar-refractivity contribution in [3.63, 3.8) is 0 Å². The minimum absolute atomic E-state index is 0.126. The lowest BCUT2D eigenvalue weighted by atomic mass is 9.47. The highest BCUT2D eigenvalue weighted by molar-refractivity contribution is 5.76. The molecule has 0 spiro atoms. The van der Waals surface area contributed by atoms with Gasteiger partial charge in [0.05, 0.1) is 6.10 Å². The van der Waals surface area contributed by atoms with Crippen LogP contribution in [0.1, 0.15) is 97.7 Å². The zero-order valence-electron chi connectivity index (χ0n) is 25.6. The van der Waals surface area contributed by atoms with Crippen molar-refractivity contribution >= 4 is 11.7 Å². The van der Waals surface area contributed by atoms with Crippen LogP contribution < -0.4 is 4.90 Å². The first kappa shape index (κ1) is 28.2. The van der Waals surface area contributed by atoms with Crippen LogP contribution in [-0.2, 0) is 4.79 Å². The molecule has 1 N–H and O–H groups in total. The van der Waals surface area contributed by atoms with Gasteiger partial charge in [-0.3, -0.25) is 4.79 Å². The third-order valence-electron chi connectivity index (χ3n) is 12.7. The molecular weight excluding hydrogens is 496 g/mol. The summed E-state index contributed by atoms with van der Waals surface area (Å²) in [6, 6.07) is 2.24. The number of piperazine rings is 1. The minimum atomic E-state index is -0.126. The van der Waals surface area contributed by atoms with Crippen LogP contribution in [0.15, 0.2) is 23.9 Å². The van der Waals surface area contributed by atoms with Crippen molar-refractivity contribution in [3.05, 3.63) is 29.7 Å². The Morgan fingerprint density at radius 3 is 2.75 bits per heavy atom. The Hall–Kier alpha value is -1.95. The summed E-state index contributed by atoms with van der Waals surface area (Å²) in [6.07, 6.45) is 15.6.